The lowest BCUT2D eigenvalue weighted by molar-refractivity contribution is -0.387. The van der Waals surface area contributed by atoms with Crippen LogP contribution in [0.2, 0.25) is 0 Å². The van der Waals surface area contributed by atoms with Gasteiger partial charge in [0.1, 0.15) is 0 Å². The van der Waals surface area contributed by atoms with E-state index >= 15 is 0 Å². The molecule has 1 amide bonds. The normalized spacial score (nSPS) is 15.3. The summed E-state index contributed by atoms with van der Waals surface area (Å²) in [5.41, 5.74) is -0.483. The number of hydrogen-bond donors (Lipinski definition) is 2. The summed E-state index contributed by atoms with van der Waals surface area (Å²) in [4.78, 5) is 23.5. The topological polar surface area (TPSA) is 122 Å². The Labute approximate surface area is 140 Å². The highest BCUT2D eigenvalue weighted by Gasteiger charge is 2.24. The second-order valence-electron chi connectivity index (χ2n) is 5.46. The summed E-state index contributed by atoms with van der Waals surface area (Å²) in [5, 5.41) is 13.5. The molecule has 1 saturated heterocycles. The van der Waals surface area contributed by atoms with Crippen molar-refractivity contribution in [2.75, 3.05) is 32.7 Å². The summed E-state index contributed by atoms with van der Waals surface area (Å²) in [7, 11) is -4.01. The molecule has 0 aromatic heterocycles. The number of likely N-dealkylation sites (tertiary alicyclic amines) is 1. The number of nitrogens with zero attached hydrogens (tertiary/aromatic N) is 2. The van der Waals surface area contributed by atoms with E-state index in [-0.39, 0.29) is 19.0 Å². The molecule has 0 unspecified atom stereocenters. The molecule has 0 radical (unpaired) electrons. The molecular formula is C14H20N4O5S. The number of carbonyl (C=O) groups is 1. The fourth-order valence-electron chi connectivity index (χ4n) is 2.50. The highest BCUT2D eigenvalue weighted by Crippen LogP contribution is 2.22. The first-order chi connectivity index (χ1) is 11.4. The number of amides is 1. The molecule has 132 valence electrons. The van der Waals surface area contributed by atoms with Crippen LogP contribution in [0.25, 0.3) is 0 Å². The Morgan fingerprint density at radius 3 is 2.54 bits per heavy atom. The lowest BCUT2D eigenvalue weighted by Crippen LogP contribution is -2.39. The second kappa shape index (κ2) is 8.18. The maximum atomic E-state index is 12.1. The Hall–Kier alpha value is -2.04. The van der Waals surface area contributed by atoms with Gasteiger partial charge in [0.25, 0.3) is 5.69 Å². The number of carbonyl (C=O) groups excluding carboxylic acids is 1. The summed E-state index contributed by atoms with van der Waals surface area (Å²) in [6.07, 6.45) is 2.17. The molecule has 9 nitrogen and oxygen atoms in total. The molecule has 1 aromatic carbocycles. The first-order valence-corrected chi connectivity index (χ1v) is 9.10. The van der Waals surface area contributed by atoms with E-state index in [1.165, 1.54) is 18.2 Å². The summed E-state index contributed by atoms with van der Waals surface area (Å²) in [5.74, 6) is -0.165. The molecule has 0 saturated carbocycles. The molecule has 0 atom stereocenters. The Balaban J connectivity index is 1.83. The zero-order chi connectivity index (χ0) is 17.6. The Morgan fingerprint density at radius 1 is 1.21 bits per heavy atom. The smallest absolute Gasteiger partial charge is 0.289 e. The largest absolute Gasteiger partial charge is 0.354 e. The van der Waals surface area contributed by atoms with Crippen molar-refractivity contribution in [1.29, 1.82) is 0 Å². The summed E-state index contributed by atoms with van der Waals surface area (Å²) >= 11 is 0. The molecule has 24 heavy (non-hydrogen) atoms. The molecule has 0 spiro atoms. The van der Waals surface area contributed by atoms with Crippen molar-refractivity contribution >= 4 is 21.6 Å². The van der Waals surface area contributed by atoms with Gasteiger partial charge in [-0.3, -0.25) is 19.8 Å². The van der Waals surface area contributed by atoms with Gasteiger partial charge in [-0.15, -0.1) is 0 Å². The highest BCUT2D eigenvalue weighted by molar-refractivity contribution is 7.89. The van der Waals surface area contributed by atoms with Crippen LogP contribution in [0.4, 0.5) is 5.69 Å². The maximum absolute atomic E-state index is 12.1. The molecule has 0 aliphatic carbocycles. The van der Waals surface area contributed by atoms with Crippen molar-refractivity contribution < 1.29 is 18.1 Å². The number of nitrogens with one attached hydrogen (secondary N) is 2. The molecule has 1 aliphatic rings. The van der Waals surface area contributed by atoms with Crippen LogP contribution >= 0.6 is 0 Å². The SMILES string of the molecule is O=C(CN1CCCC1)NCCNS(=O)(=O)c1ccccc1[N+](=O)[O-]. The van der Waals surface area contributed by atoms with Crippen LogP contribution in [-0.4, -0.2) is 56.9 Å². The standard InChI is InChI=1S/C14H20N4O5S/c19-14(11-17-9-3-4-10-17)15-7-8-16-24(22,23)13-6-2-1-5-12(13)18(20)21/h1-2,5-6,16H,3-4,7-11H2,(H,15,19). The van der Waals surface area contributed by atoms with Crippen molar-refractivity contribution in [3.05, 3.63) is 34.4 Å². The molecule has 1 heterocycles. The Morgan fingerprint density at radius 2 is 1.88 bits per heavy atom. The van der Waals surface area contributed by atoms with Gasteiger partial charge in [-0.1, -0.05) is 12.1 Å². The monoisotopic (exact) mass is 356 g/mol. The van der Waals surface area contributed by atoms with Crippen molar-refractivity contribution in [2.45, 2.75) is 17.7 Å². The van der Waals surface area contributed by atoms with Crippen LogP contribution in [0.15, 0.2) is 29.2 Å². The van der Waals surface area contributed by atoms with Crippen molar-refractivity contribution in [3.63, 3.8) is 0 Å². The van der Waals surface area contributed by atoms with E-state index in [1.54, 1.807) is 0 Å². The maximum Gasteiger partial charge on any atom is 0.289 e. The van der Waals surface area contributed by atoms with Crippen LogP contribution < -0.4 is 10.0 Å². The number of para-hydroxylation sites is 1. The van der Waals surface area contributed by atoms with E-state index in [2.05, 4.69) is 10.0 Å². The first kappa shape index (κ1) is 18.3. The van der Waals surface area contributed by atoms with Crippen LogP contribution in [0.1, 0.15) is 12.8 Å². The summed E-state index contributed by atoms with van der Waals surface area (Å²) < 4.78 is 26.5. The zero-order valence-corrected chi connectivity index (χ0v) is 13.9. The third-order valence-electron chi connectivity index (χ3n) is 3.66. The fraction of sp³-hybridized carbons (Fsp3) is 0.500. The lowest BCUT2D eigenvalue weighted by atomic mass is 10.3. The minimum Gasteiger partial charge on any atom is -0.354 e. The van der Waals surface area contributed by atoms with Gasteiger partial charge in [0.15, 0.2) is 4.90 Å². The third-order valence-corrected chi connectivity index (χ3v) is 5.17. The molecule has 0 bridgehead atoms. The average molecular weight is 356 g/mol. The molecule has 2 N–H and O–H groups in total. The average Bonchev–Trinajstić information content (AvgIpc) is 3.04. The molecular weight excluding hydrogens is 336 g/mol. The van der Waals surface area contributed by atoms with E-state index in [1.807, 2.05) is 4.90 Å². The van der Waals surface area contributed by atoms with E-state index in [9.17, 15) is 23.3 Å². The van der Waals surface area contributed by atoms with Crippen LogP contribution in [-0.2, 0) is 14.8 Å². The van der Waals surface area contributed by atoms with Gasteiger partial charge in [0.05, 0.1) is 11.5 Å². The molecule has 2 rings (SSSR count). The molecule has 1 aromatic rings. The second-order valence-corrected chi connectivity index (χ2v) is 7.19. The molecule has 10 heteroatoms. The summed E-state index contributed by atoms with van der Waals surface area (Å²) in [6, 6.07) is 5.12. The van der Waals surface area contributed by atoms with E-state index in [4.69, 9.17) is 0 Å². The van der Waals surface area contributed by atoms with Gasteiger partial charge in [0, 0.05) is 19.2 Å². The lowest BCUT2D eigenvalue weighted by Gasteiger charge is -2.14. The number of nitro groups is 1. The van der Waals surface area contributed by atoms with Gasteiger partial charge in [-0.25, -0.2) is 13.1 Å². The number of hydrogen-bond acceptors (Lipinski definition) is 6. The minimum absolute atomic E-state index is 0.0415. The van der Waals surface area contributed by atoms with Gasteiger partial charge in [-0.2, -0.15) is 0 Å². The van der Waals surface area contributed by atoms with Crippen LogP contribution in [0.3, 0.4) is 0 Å². The number of rotatable bonds is 8. The van der Waals surface area contributed by atoms with Crippen molar-refractivity contribution in [2.24, 2.45) is 0 Å². The molecule has 1 fully saturated rings. The summed E-state index contributed by atoms with van der Waals surface area (Å²) in [6.45, 7) is 2.18. The van der Waals surface area contributed by atoms with E-state index in [0.29, 0.717) is 6.54 Å². The zero-order valence-electron chi connectivity index (χ0n) is 13.1. The van der Waals surface area contributed by atoms with Crippen molar-refractivity contribution in [3.8, 4) is 0 Å². The quantitative estimate of drug-likeness (QED) is 0.387. The first-order valence-electron chi connectivity index (χ1n) is 7.62. The Bertz CT molecular complexity index is 701. The predicted octanol–water partition coefficient (Wildman–Crippen LogP) is 0.0851. The van der Waals surface area contributed by atoms with E-state index in [0.717, 1.165) is 32.0 Å². The fourth-order valence-corrected chi connectivity index (χ4v) is 3.70. The molecule has 1 aliphatic heterocycles. The van der Waals surface area contributed by atoms with Crippen LogP contribution in [0.5, 0.6) is 0 Å². The third kappa shape index (κ3) is 4.98. The number of sulfonamides is 1. The van der Waals surface area contributed by atoms with Crippen molar-refractivity contribution in [1.82, 2.24) is 14.9 Å². The number of benzene rings is 1. The van der Waals surface area contributed by atoms with Gasteiger partial charge in [-0.05, 0) is 32.0 Å². The van der Waals surface area contributed by atoms with Gasteiger partial charge < -0.3 is 5.32 Å². The number of nitro benzene ring substituents is 1. The minimum atomic E-state index is -4.01. The predicted molar refractivity (Wildman–Crippen MR) is 87.0 cm³/mol. The Kier molecular flexibility index (Phi) is 6.23. The van der Waals surface area contributed by atoms with E-state index < -0.39 is 25.5 Å². The highest BCUT2D eigenvalue weighted by atomic mass is 32.2. The van der Waals surface area contributed by atoms with Crippen LogP contribution in [0, 0.1) is 10.1 Å². The van der Waals surface area contributed by atoms with Gasteiger partial charge in [0.2, 0.25) is 15.9 Å². The van der Waals surface area contributed by atoms with Gasteiger partial charge >= 0.3 is 0 Å².